The Kier molecular flexibility index (Phi) is 17.1. The molecule has 0 spiro atoms. The van der Waals surface area contributed by atoms with Gasteiger partial charge in [-0.05, 0) is 101 Å². The van der Waals surface area contributed by atoms with Gasteiger partial charge in [-0.25, -0.2) is 0 Å². The number of hydrogen-bond donors (Lipinski definition) is 4. The maximum Gasteiger partial charge on any atom is 0.303 e. The lowest BCUT2D eigenvalue weighted by Crippen LogP contribution is -2.46. The van der Waals surface area contributed by atoms with E-state index in [0.717, 1.165) is 80.0 Å². The first-order valence-corrected chi connectivity index (χ1v) is 19.7. The molecule has 2 aromatic carbocycles. The van der Waals surface area contributed by atoms with E-state index in [0.29, 0.717) is 64.1 Å². The Morgan fingerprint density at radius 3 is 2.25 bits per heavy atom. The molecule has 1 unspecified atom stereocenters. The van der Waals surface area contributed by atoms with Crippen LogP contribution in [0.2, 0.25) is 0 Å². The second-order valence-corrected chi connectivity index (χ2v) is 14.2. The van der Waals surface area contributed by atoms with E-state index in [1.54, 1.807) is 12.4 Å². The zero-order valence-corrected chi connectivity index (χ0v) is 32.7. The molecule has 1 aliphatic heterocycles. The van der Waals surface area contributed by atoms with Crippen LogP contribution in [0.15, 0.2) is 73.1 Å². The number of H-pyrrole nitrogens is 1. The van der Waals surface area contributed by atoms with Gasteiger partial charge in [0.05, 0.1) is 44.6 Å². The summed E-state index contributed by atoms with van der Waals surface area (Å²) in [7, 11) is 2.12. The van der Waals surface area contributed by atoms with E-state index in [1.807, 2.05) is 67.6 Å². The monoisotopic (exact) mass is 771 g/mol. The molecule has 302 valence electrons. The van der Waals surface area contributed by atoms with Gasteiger partial charge in [0.15, 0.2) is 11.6 Å². The number of carbonyl (C=O) groups excluding carboxylic acids is 1. The Labute approximate surface area is 329 Å². The lowest BCUT2D eigenvalue weighted by molar-refractivity contribution is -0.137. The number of anilines is 1. The predicted octanol–water partition coefficient (Wildman–Crippen LogP) is 6.24. The van der Waals surface area contributed by atoms with Crippen LogP contribution < -0.4 is 15.4 Å². The zero-order chi connectivity index (χ0) is 39.4. The van der Waals surface area contributed by atoms with E-state index in [2.05, 4.69) is 42.7 Å². The summed E-state index contributed by atoms with van der Waals surface area (Å²) in [5.41, 5.74) is 2.84. The molecule has 4 aromatic rings. The second-order valence-electron chi connectivity index (χ2n) is 14.2. The summed E-state index contributed by atoms with van der Waals surface area (Å²) in [4.78, 5) is 33.9. The van der Waals surface area contributed by atoms with Crippen LogP contribution in [-0.2, 0) is 24.5 Å². The van der Waals surface area contributed by atoms with Gasteiger partial charge in [-0.2, -0.15) is 0 Å². The first-order valence-electron chi connectivity index (χ1n) is 19.7. The molecule has 0 saturated carbocycles. The molecule has 3 heterocycles. The number of nitrogens with zero attached hydrogens (tertiary/aromatic N) is 4. The molecule has 1 saturated heterocycles. The lowest BCUT2D eigenvalue weighted by atomic mass is 9.86. The number of aromatic amines is 1. The van der Waals surface area contributed by atoms with Crippen molar-refractivity contribution in [3.05, 3.63) is 90.0 Å². The highest BCUT2D eigenvalue weighted by molar-refractivity contribution is 5.95. The number of likely N-dealkylation sites (tertiary alicyclic amines) is 1. The minimum absolute atomic E-state index is 0.122. The average molecular weight is 772 g/mol. The molecule has 1 fully saturated rings. The number of amides is 1. The Bertz CT molecular complexity index is 1760. The Balaban J connectivity index is 1.01. The summed E-state index contributed by atoms with van der Waals surface area (Å²) < 4.78 is 22.5. The number of nitrogens with one attached hydrogen (secondary N) is 3. The number of benzene rings is 2. The number of piperidine rings is 1. The quantitative estimate of drug-likeness (QED) is 0.0560. The fourth-order valence-corrected chi connectivity index (χ4v) is 6.51. The molecule has 14 nitrogen and oxygen atoms in total. The van der Waals surface area contributed by atoms with E-state index in [4.69, 9.17) is 24.1 Å². The van der Waals surface area contributed by atoms with Gasteiger partial charge in [0.1, 0.15) is 5.75 Å². The molecular weight excluding hydrogens is 715 g/mol. The van der Waals surface area contributed by atoms with Crippen molar-refractivity contribution in [2.45, 2.75) is 69.9 Å². The van der Waals surface area contributed by atoms with Gasteiger partial charge >= 0.3 is 5.97 Å². The third kappa shape index (κ3) is 13.7. The smallest absolute Gasteiger partial charge is 0.303 e. The highest BCUT2D eigenvalue weighted by Gasteiger charge is 2.39. The minimum atomic E-state index is -0.807. The van der Waals surface area contributed by atoms with Crippen LogP contribution in [0, 0.1) is 0 Å². The summed E-state index contributed by atoms with van der Waals surface area (Å²) in [6.07, 6.45) is 9.78. The highest BCUT2D eigenvalue weighted by Crippen LogP contribution is 2.35. The number of aromatic nitrogens is 4. The van der Waals surface area contributed by atoms with Crippen molar-refractivity contribution in [2.24, 2.45) is 0 Å². The van der Waals surface area contributed by atoms with Crippen LogP contribution in [0.5, 0.6) is 5.75 Å². The lowest BCUT2D eigenvalue weighted by Gasteiger charge is -2.40. The molecule has 56 heavy (non-hydrogen) atoms. The third-order valence-corrected chi connectivity index (χ3v) is 9.82. The number of aliphatic carboxylic acids is 1. The van der Waals surface area contributed by atoms with Gasteiger partial charge in [0.25, 0.3) is 5.91 Å². The first-order chi connectivity index (χ1) is 27.3. The van der Waals surface area contributed by atoms with Crippen molar-refractivity contribution in [2.75, 3.05) is 71.7 Å². The number of rotatable bonds is 25. The predicted molar refractivity (Wildman–Crippen MR) is 214 cm³/mol. The summed E-state index contributed by atoms with van der Waals surface area (Å²) >= 11 is 0. The molecule has 0 radical (unpaired) electrons. The first kappa shape index (κ1) is 42.3. The van der Waals surface area contributed by atoms with Crippen LogP contribution in [-0.4, -0.2) is 108 Å². The van der Waals surface area contributed by atoms with Gasteiger partial charge in [0, 0.05) is 61.9 Å². The molecule has 0 aliphatic carbocycles. The number of carboxylic acids is 1. The van der Waals surface area contributed by atoms with Crippen molar-refractivity contribution in [3.63, 3.8) is 0 Å². The van der Waals surface area contributed by atoms with Crippen molar-refractivity contribution >= 4 is 17.6 Å². The number of pyridine rings is 1. The van der Waals surface area contributed by atoms with E-state index in [-0.39, 0.29) is 18.4 Å². The highest BCUT2D eigenvalue weighted by atomic mass is 16.5. The molecule has 1 amide bonds. The summed E-state index contributed by atoms with van der Waals surface area (Å²) in [6, 6.07) is 19.1. The number of carbonyl (C=O) groups is 2. The fraction of sp³-hybridized carbons (Fsp3) is 0.500. The van der Waals surface area contributed by atoms with Gasteiger partial charge in [-0.3, -0.25) is 14.6 Å². The normalized spacial score (nSPS) is 14.6. The van der Waals surface area contributed by atoms with Gasteiger partial charge < -0.3 is 44.6 Å². The van der Waals surface area contributed by atoms with Crippen molar-refractivity contribution in [3.8, 4) is 17.1 Å². The standard InChI is InChI=1S/C42H57N7O7/c1-32(34-10-8-13-37(31-34)56-25-6-4-3-5-23-53-26-28-55-29-27-54-24-9-14-38(50)51)44-40(52)35-11-7-12-36(30-35)46-42(17-21-49(2)22-18-42)41-45-39(47-48-41)33-15-19-43-20-16-33/h7-8,10-13,15-16,19-20,30-32,46H,3-6,9,14,17-18,21-29H2,1-2H3,(H,44,52)(H,50,51)(H,45,47,48). The van der Waals surface area contributed by atoms with Gasteiger partial charge in [0.2, 0.25) is 0 Å². The molecule has 5 rings (SSSR count). The van der Waals surface area contributed by atoms with Gasteiger partial charge in [-0.1, -0.05) is 24.6 Å². The minimum Gasteiger partial charge on any atom is -0.494 e. The van der Waals surface area contributed by atoms with Crippen LogP contribution in [0.4, 0.5) is 5.69 Å². The molecule has 1 atom stereocenters. The Hall–Kier alpha value is -4.89. The van der Waals surface area contributed by atoms with E-state index >= 15 is 0 Å². The van der Waals surface area contributed by atoms with E-state index in [1.165, 1.54) is 0 Å². The molecule has 1 aliphatic rings. The molecule has 4 N–H and O–H groups in total. The molecule has 2 aromatic heterocycles. The van der Waals surface area contributed by atoms with Crippen molar-refractivity contribution < 1.29 is 33.6 Å². The fourth-order valence-electron chi connectivity index (χ4n) is 6.51. The number of hydrogen-bond acceptors (Lipinski definition) is 11. The van der Waals surface area contributed by atoms with Crippen LogP contribution in [0.25, 0.3) is 11.4 Å². The maximum absolute atomic E-state index is 13.5. The number of ether oxygens (including phenoxy) is 4. The summed E-state index contributed by atoms with van der Waals surface area (Å²) in [6.45, 7) is 7.49. The number of carboxylic acid groups (broad SMARTS) is 1. The maximum atomic E-state index is 13.5. The number of unbranched alkanes of at least 4 members (excludes halogenated alkanes) is 3. The largest absolute Gasteiger partial charge is 0.494 e. The molecular formula is C42H57N7O7. The summed E-state index contributed by atoms with van der Waals surface area (Å²) in [5, 5.41) is 24.6. The van der Waals surface area contributed by atoms with Crippen molar-refractivity contribution in [1.82, 2.24) is 30.4 Å². The van der Waals surface area contributed by atoms with Crippen LogP contribution >= 0.6 is 0 Å². The van der Waals surface area contributed by atoms with E-state index in [9.17, 15) is 9.59 Å². The Morgan fingerprint density at radius 2 is 1.52 bits per heavy atom. The third-order valence-electron chi connectivity index (χ3n) is 9.82. The Morgan fingerprint density at radius 1 is 0.839 bits per heavy atom. The van der Waals surface area contributed by atoms with Crippen molar-refractivity contribution in [1.29, 1.82) is 0 Å². The van der Waals surface area contributed by atoms with Gasteiger partial charge in [-0.15, -0.1) is 10.2 Å². The van der Waals surface area contributed by atoms with Crippen LogP contribution in [0.1, 0.15) is 86.1 Å². The van der Waals surface area contributed by atoms with Crippen LogP contribution in [0.3, 0.4) is 0 Å². The topological polar surface area (TPSA) is 173 Å². The molecule has 0 bridgehead atoms. The van der Waals surface area contributed by atoms with E-state index < -0.39 is 11.5 Å². The summed E-state index contributed by atoms with van der Waals surface area (Å²) in [5.74, 6) is 1.30. The average Bonchev–Trinajstić information content (AvgIpc) is 3.72. The SMILES string of the molecule is CC(NC(=O)c1cccc(NC2(c3nnc(-c4ccncc4)[nH]3)CCN(C)CC2)c1)c1cccc(OCCCCCCOCCOCCOCCCC(=O)O)c1. The zero-order valence-electron chi connectivity index (χ0n) is 32.7. The second kappa shape index (κ2) is 22.6. The molecule has 14 heteroatoms.